The van der Waals surface area contributed by atoms with E-state index >= 15 is 0 Å². The summed E-state index contributed by atoms with van der Waals surface area (Å²) in [5.41, 5.74) is 3.55. The summed E-state index contributed by atoms with van der Waals surface area (Å²) in [5, 5.41) is 8.02. The Kier molecular flexibility index (Phi) is 4.77. The van der Waals surface area contributed by atoms with Crippen LogP contribution in [-0.4, -0.2) is 9.78 Å². The van der Waals surface area contributed by atoms with E-state index in [1.54, 1.807) is 0 Å². The Morgan fingerprint density at radius 3 is 2.53 bits per heavy atom. The highest BCUT2D eigenvalue weighted by atomic mass is 79.9. The quantitative estimate of drug-likeness (QED) is 0.909. The third-order valence-corrected chi connectivity index (χ3v) is 4.42. The zero-order valence-electron chi connectivity index (χ0n) is 11.7. The lowest BCUT2D eigenvalue weighted by molar-refractivity contribution is 0.502. The first kappa shape index (κ1) is 14.3. The normalized spacial score (nSPS) is 12.6. The van der Waals surface area contributed by atoms with Crippen LogP contribution in [0, 0.1) is 6.92 Å². The second kappa shape index (κ2) is 6.35. The zero-order chi connectivity index (χ0) is 13.8. The maximum Gasteiger partial charge on any atom is 0.0739 e. The molecule has 1 N–H and O–H groups in total. The number of aryl methyl sites for hydroxylation is 2. The lowest BCUT2D eigenvalue weighted by Crippen LogP contribution is -2.21. The Morgan fingerprint density at radius 1 is 1.32 bits per heavy atom. The van der Waals surface area contributed by atoms with Gasteiger partial charge < -0.3 is 5.32 Å². The van der Waals surface area contributed by atoms with Gasteiger partial charge in [-0.3, -0.25) is 4.68 Å². The van der Waals surface area contributed by atoms with Crippen LogP contribution in [0.4, 0.5) is 0 Å². The summed E-state index contributed by atoms with van der Waals surface area (Å²) >= 11 is 3.61. The molecule has 0 saturated heterocycles. The number of halogens is 1. The molecule has 1 aromatic heterocycles. The van der Waals surface area contributed by atoms with Crippen molar-refractivity contribution in [3.05, 3.63) is 51.8 Å². The molecule has 2 rings (SSSR count). The number of benzene rings is 1. The summed E-state index contributed by atoms with van der Waals surface area (Å²) in [4.78, 5) is 0. The molecule has 102 valence electrons. The molecule has 0 saturated carbocycles. The van der Waals surface area contributed by atoms with Crippen molar-refractivity contribution < 1.29 is 0 Å². The molecule has 1 atom stereocenters. The minimum Gasteiger partial charge on any atom is -0.304 e. The molecule has 1 unspecified atom stereocenters. The van der Waals surface area contributed by atoms with Gasteiger partial charge in [0.05, 0.1) is 15.9 Å². The van der Waals surface area contributed by atoms with Crippen LogP contribution in [0.15, 0.2) is 34.8 Å². The average molecular weight is 322 g/mol. The molecule has 2 aromatic rings. The predicted octanol–water partition coefficient (Wildman–Crippen LogP) is 3.73. The highest BCUT2D eigenvalue weighted by Gasteiger charge is 2.13. The minimum absolute atomic E-state index is 0.378. The van der Waals surface area contributed by atoms with E-state index in [2.05, 4.69) is 63.6 Å². The van der Waals surface area contributed by atoms with Gasteiger partial charge >= 0.3 is 0 Å². The molecule has 0 fully saturated rings. The van der Waals surface area contributed by atoms with E-state index in [1.165, 1.54) is 11.3 Å². The zero-order valence-corrected chi connectivity index (χ0v) is 13.2. The Hall–Kier alpha value is -1.13. The lowest BCUT2D eigenvalue weighted by atomic mass is 10.0. The summed E-state index contributed by atoms with van der Waals surface area (Å²) in [7, 11) is 1.98. The van der Waals surface area contributed by atoms with E-state index in [0.717, 1.165) is 23.1 Å². The Bertz CT molecular complexity index is 534. The van der Waals surface area contributed by atoms with Crippen molar-refractivity contribution in [2.75, 3.05) is 0 Å². The van der Waals surface area contributed by atoms with Gasteiger partial charge in [0.1, 0.15) is 0 Å². The summed E-state index contributed by atoms with van der Waals surface area (Å²) in [5.74, 6) is 0. The Morgan fingerprint density at radius 2 is 2.00 bits per heavy atom. The highest BCUT2D eigenvalue weighted by molar-refractivity contribution is 9.10. The molecule has 0 aliphatic rings. The summed E-state index contributed by atoms with van der Waals surface area (Å²) in [6.45, 7) is 5.03. The molecule has 0 spiro atoms. The first-order valence-electron chi connectivity index (χ1n) is 6.59. The maximum absolute atomic E-state index is 4.42. The van der Waals surface area contributed by atoms with Crippen LogP contribution in [0.2, 0.25) is 0 Å². The van der Waals surface area contributed by atoms with Gasteiger partial charge in [0.2, 0.25) is 0 Å². The summed E-state index contributed by atoms with van der Waals surface area (Å²) in [6.07, 6.45) is 1.07. The SMILES string of the molecule is CCC(NCc1c(Br)c(C)nn1C)c1ccccc1. The number of nitrogens with zero attached hydrogens (tertiary/aromatic N) is 2. The first-order valence-corrected chi connectivity index (χ1v) is 7.39. The van der Waals surface area contributed by atoms with Crippen LogP contribution < -0.4 is 5.32 Å². The van der Waals surface area contributed by atoms with Crippen molar-refractivity contribution >= 4 is 15.9 Å². The number of hydrogen-bond acceptors (Lipinski definition) is 2. The number of nitrogens with one attached hydrogen (secondary N) is 1. The van der Waals surface area contributed by atoms with Gasteiger partial charge in [-0.25, -0.2) is 0 Å². The fraction of sp³-hybridized carbons (Fsp3) is 0.400. The van der Waals surface area contributed by atoms with E-state index in [0.29, 0.717) is 6.04 Å². The van der Waals surface area contributed by atoms with Crippen molar-refractivity contribution in [3.8, 4) is 0 Å². The van der Waals surface area contributed by atoms with Crippen molar-refractivity contribution in [2.45, 2.75) is 32.9 Å². The summed E-state index contributed by atoms with van der Waals surface area (Å²) in [6, 6.07) is 10.9. The second-order valence-corrected chi connectivity index (χ2v) is 5.52. The average Bonchev–Trinajstić information content (AvgIpc) is 2.66. The smallest absolute Gasteiger partial charge is 0.0739 e. The van der Waals surface area contributed by atoms with Crippen LogP contribution >= 0.6 is 15.9 Å². The largest absolute Gasteiger partial charge is 0.304 e. The molecule has 1 heterocycles. The van der Waals surface area contributed by atoms with E-state index in [-0.39, 0.29) is 0 Å². The van der Waals surface area contributed by atoms with Crippen molar-refractivity contribution in [2.24, 2.45) is 7.05 Å². The van der Waals surface area contributed by atoms with Gasteiger partial charge in [0, 0.05) is 19.6 Å². The van der Waals surface area contributed by atoms with E-state index < -0.39 is 0 Å². The predicted molar refractivity (Wildman–Crippen MR) is 82.0 cm³/mol. The molecule has 0 amide bonds. The van der Waals surface area contributed by atoms with Crippen LogP contribution in [0.25, 0.3) is 0 Å². The monoisotopic (exact) mass is 321 g/mol. The third-order valence-electron chi connectivity index (χ3n) is 3.39. The first-order chi connectivity index (χ1) is 9.13. The fourth-order valence-corrected chi connectivity index (χ4v) is 2.75. The number of aromatic nitrogens is 2. The van der Waals surface area contributed by atoms with Crippen molar-refractivity contribution in [1.82, 2.24) is 15.1 Å². The van der Waals surface area contributed by atoms with Gasteiger partial charge in [-0.05, 0) is 34.8 Å². The molecule has 4 heteroatoms. The minimum atomic E-state index is 0.378. The molecular formula is C15H20BrN3. The van der Waals surface area contributed by atoms with E-state index in [4.69, 9.17) is 0 Å². The second-order valence-electron chi connectivity index (χ2n) is 4.72. The number of hydrogen-bond donors (Lipinski definition) is 1. The van der Waals surface area contributed by atoms with Gasteiger partial charge in [-0.2, -0.15) is 5.10 Å². The maximum atomic E-state index is 4.42. The highest BCUT2D eigenvalue weighted by Crippen LogP contribution is 2.22. The van der Waals surface area contributed by atoms with E-state index in [9.17, 15) is 0 Å². The molecule has 0 aliphatic heterocycles. The van der Waals surface area contributed by atoms with Crippen LogP contribution in [-0.2, 0) is 13.6 Å². The lowest BCUT2D eigenvalue weighted by Gasteiger charge is -2.17. The van der Waals surface area contributed by atoms with Gasteiger partial charge in [-0.15, -0.1) is 0 Å². The van der Waals surface area contributed by atoms with Crippen molar-refractivity contribution in [3.63, 3.8) is 0 Å². The molecule has 0 bridgehead atoms. The Balaban J connectivity index is 2.08. The van der Waals surface area contributed by atoms with Crippen molar-refractivity contribution in [1.29, 1.82) is 0 Å². The third kappa shape index (κ3) is 3.25. The fourth-order valence-electron chi connectivity index (χ4n) is 2.28. The van der Waals surface area contributed by atoms with Gasteiger partial charge in [-0.1, -0.05) is 37.3 Å². The molecule has 19 heavy (non-hydrogen) atoms. The molecule has 3 nitrogen and oxygen atoms in total. The molecular weight excluding hydrogens is 302 g/mol. The molecule has 0 radical (unpaired) electrons. The van der Waals surface area contributed by atoms with Crippen LogP contribution in [0.3, 0.4) is 0 Å². The van der Waals surface area contributed by atoms with Gasteiger partial charge in [0.15, 0.2) is 0 Å². The summed E-state index contributed by atoms with van der Waals surface area (Å²) < 4.78 is 3.04. The van der Waals surface area contributed by atoms with E-state index in [1.807, 2.05) is 18.7 Å². The molecule has 0 aliphatic carbocycles. The Labute approximate surface area is 123 Å². The topological polar surface area (TPSA) is 29.9 Å². The standard InChI is InChI=1S/C15H20BrN3/c1-4-13(12-8-6-5-7-9-12)17-10-14-15(16)11(2)18-19(14)3/h5-9,13,17H,4,10H2,1-3H3. The number of rotatable bonds is 5. The molecule has 1 aromatic carbocycles. The van der Waals surface area contributed by atoms with Gasteiger partial charge in [0.25, 0.3) is 0 Å². The van der Waals surface area contributed by atoms with Crippen LogP contribution in [0.1, 0.15) is 36.3 Å². The van der Waals surface area contributed by atoms with Crippen LogP contribution in [0.5, 0.6) is 0 Å².